The van der Waals surface area contributed by atoms with E-state index in [0.717, 1.165) is 62.5 Å². The summed E-state index contributed by atoms with van der Waals surface area (Å²) >= 11 is 1.77. The van der Waals surface area contributed by atoms with Gasteiger partial charge in [0, 0.05) is 23.3 Å². The van der Waals surface area contributed by atoms with Crippen molar-refractivity contribution in [3.8, 4) is 22.5 Å². The molecule has 5 aromatic carbocycles. The molecule has 10 nitrogen and oxygen atoms in total. The van der Waals surface area contributed by atoms with Crippen LogP contribution < -0.4 is 0 Å². The first kappa shape index (κ1) is 34.4. The highest BCUT2D eigenvalue weighted by Gasteiger charge is 2.50. The summed E-state index contributed by atoms with van der Waals surface area (Å²) in [6.07, 6.45) is 0.979. The number of H-pyrrole nitrogens is 1. The number of halogens is 2. The molecule has 14 heteroatoms. The number of rotatable bonds is 13. The number of para-hydroxylation sites is 1. The molecule has 1 atom stereocenters. The zero-order valence-electron chi connectivity index (χ0n) is 27.1. The zero-order chi connectivity index (χ0) is 35.5. The number of hydrogen-bond acceptors (Lipinski definition) is 7. The lowest BCUT2D eigenvalue weighted by molar-refractivity contribution is 0.0564. The molecule has 0 spiro atoms. The molecule has 2 heterocycles. The number of benzene rings is 5. The Labute approximate surface area is 296 Å². The van der Waals surface area contributed by atoms with Crippen LogP contribution in [0.3, 0.4) is 0 Å². The SMILES string of the molecule is O=P(O)(O)C(F)(F)c1ccc(CC(CCSCc2ccc(-c3ccccc3-c3nn[nH]n3)cc2)(c2ccccc2)n2nnc3ccccc32)cc1. The molecular weight excluding hydrogens is 691 g/mol. The Morgan fingerprint density at radius 1 is 0.745 bits per heavy atom. The minimum Gasteiger partial charge on any atom is -0.320 e. The van der Waals surface area contributed by atoms with Crippen LogP contribution in [0, 0.1) is 0 Å². The third-order valence-electron chi connectivity index (χ3n) is 8.94. The molecule has 1 unspecified atom stereocenters. The number of aromatic nitrogens is 7. The lowest BCUT2D eigenvalue weighted by Gasteiger charge is -2.35. The highest BCUT2D eigenvalue weighted by molar-refractivity contribution is 7.98. The fourth-order valence-electron chi connectivity index (χ4n) is 6.32. The fraction of sp³-hybridized carbons (Fsp3) is 0.162. The van der Waals surface area contributed by atoms with Crippen molar-refractivity contribution in [1.82, 2.24) is 35.6 Å². The van der Waals surface area contributed by atoms with Crippen LogP contribution in [0.1, 0.15) is 28.7 Å². The summed E-state index contributed by atoms with van der Waals surface area (Å²) in [6.45, 7) is 0. The van der Waals surface area contributed by atoms with E-state index in [9.17, 15) is 23.1 Å². The highest BCUT2D eigenvalue weighted by atomic mass is 32.2. The average molecular weight is 724 g/mol. The van der Waals surface area contributed by atoms with Crippen LogP contribution in [-0.4, -0.2) is 51.2 Å². The molecule has 3 N–H and O–H groups in total. The molecule has 0 aliphatic rings. The second-order valence-corrected chi connectivity index (χ2v) is 14.9. The molecule has 0 aliphatic heterocycles. The largest absolute Gasteiger partial charge is 0.399 e. The molecule has 0 fully saturated rings. The van der Waals surface area contributed by atoms with Crippen LogP contribution in [0.2, 0.25) is 0 Å². The van der Waals surface area contributed by atoms with E-state index < -0.39 is 24.4 Å². The number of hydrogen-bond donors (Lipinski definition) is 3. The number of aromatic amines is 1. The maximum atomic E-state index is 14.5. The van der Waals surface area contributed by atoms with Crippen LogP contribution in [0.15, 0.2) is 127 Å². The second kappa shape index (κ2) is 14.3. The van der Waals surface area contributed by atoms with Crippen LogP contribution >= 0.6 is 19.4 Å². The van der Waals surface area contributed by atoms with Gasteiger partial charge in [-0.3, -0.25) is 4.57 Å². The maximum absolute atomic E-state index is 14.5. The molecular formula is C37H32F2N7O3PS. The van der Waals surface area contributed by atoms with Gasteiger partial charge in [0.05, 0.1) is 11.1 Å². The molecule has 0 saturated heterocycles. The Balaban J connectivity index is 1.16. The Bertz CT molecular complexity index is 2280. The van der Waals surface area contributed by atoms with Gasteiger partial charge >= 0.3 is 13.3 Å². The van der Waals surface area contributed by atoms with E-state index in [1.165, 1.54) is 12.1 Å². The molecule has 0 saturated carbocycles. The lowest BCUT2D eigenvalue weighted by Crippen LogP contribution is -2.39. The third-order valence-corrected chi connectivity index (χ3v) is 11.0. The quantitative estimate of drug-likeness (QED) is 0.0802. The topological polar surface area (TPSA) is 143 Å². The minimum atomic E-state index is -5.70. The van der Waals surface area contributed by atoms with E-state index in [4.69, 9.17) is 0 Å². The number of nitrogens with one attached hydrogen (secondary N) is 1. The number of fused-ring (bicyclic) bond motifs is 1. The van der Waals surface area contributed by atoms with Crippen LogP contribution in [0.5, 0.6) is 0 Å². The van der Waals surface area contributed by atoms with E-state index in [-0.39, 0.29) is 0 Å². The molecule has 258 valence electrons. The van der Waals surface area contributed by atoms with Gasteiger partial charge in [-0.1, -0.05) is 120 Å². The van der Waals surface area contributed by atoms with Gasteiger partial charge in [0.15, 0.2) is 0 Å². The maximum Gasteiger partial charge on any atom is 0.399 e. The molecule has 7 aromatic rings. The van der Waals surface area contributed by atoms with Crippen molar-refractivity contribution in [2.24, 2.45) is 0 Å². The van der Waals surface area contributed by atoms with Gasteiger partial charge in [-0.05, 0) is 57.3 Å². The van der Waals surface area contributed by atoms with E-state index in [1.54, 1.807) is 11.8 Å². The predicted molar refractivity (Wildman–Crippen MR) is 193 cm³/mol. The van der Waals surface area contributed by atoms with Crippen LogP contribution in [0.25, 0.3) is 33.5 Å². The lowest BCUT2D eigenvalue weighted by atomic mass is 9.81. The van der Waals surface area contributed by atoms with Gasteiger partial charge in [-0.15, -0.1) is 15.3 Å². The van der Waals surface area contributed by atoms with E-state index in [1.807, 2.05) is 83.5 Å². The molecule has 51 heavy (non-hydrogen) atoms. The Morgan fingerprint density at radius 3 is 2.12 bits per heavy atom. The molecule has 0 aliphatic carbocycles. The second-order valence-electron chi connectivity index (χ2n) is 12.1. The van der Waals surface area contributed by atoms with Crippen molar-refractivity contribution in [3.05, 3.63) is 150 Å². The molecule has 7 rings (SSSR count). The molecule has 0 bridgehead atoms. The number of alkyl halides is 2. The first-order valence-electron chi connectivity index (χ1n) is 16.0. The predicted octanol–water partition coefficient (Wildman–Crippen LogP) is 7.82. The van der Waals surface area contributed by atoms with Gasteiger partial charge in [0.25, 0.3) is 0 Å². The summed E-state index contributed by atoms with van der Waals surface area (Å²) in [4.78, 5) is 18.6. The number of thioether (sulfide) groups is 1. The van der Waals surface area contributed by atoms with E-state index in [2.05, 4.69) is 55.2 Å². The fourth-order valence-corrected chi connectivity index (χ4v) is 7.86. The smallest absolute Gasteiger partial charge is 0.320 e. The summed E-state index contributed by atoms with van der Waals surface area (Å²) in [7, 11) is -5.70. The van der Waals surface area contributed by atoms with Crippen molar-refractivity contribution in [1.29, 1.82) is 0 Å². The zero-order valence-corrected chi connectivity index (χ0v) is 28.8. The summed E-state index contributed by atoms with van der Waals surface area (Å²) < 4.78 is 42.5. The van der Waals surface area contributed by atoms with Gasteiger partial charge in [-0.25, -0.2) is 4.68 Å². The van der Waals surface area contributed by atoms with E-state index in [0.29, 0.717) is 24.2 Å². The van der Waals surface area contributed by atoms with Gasteiger partial charge in [0.1, 0.15) is 5.52 Å². The first-order chi connectivity index (χ1) is 24.7. The normalized spacial score (nSPS) is 13.3. The van der Waals surface area contributed by atoms with Gasteiger partial charge in [-0.2, -0.15) is 25.8 Å². The average Bonchev–Trinajstić information content (AvgIpc) is 3.85. The van der Waals surface area contributed by atoms with Crippen molar-refractivity contribution in [2.45, 2.75) is 29.8 Å². The number of nitrogens with zero attached hydrogens (tertiary/aromatic N) is 6. The van der Waals surface area contributed by atoms with Crippen LogP contribution in [0.4, 0.5) is 8.78 Å². The Hall–Kier alpha value is -5.07. The van der Waals surface area contributed by atoms with Crippen molar-refractivity contribution in [3.63, 3.8) is 0 Å². The summed E-state index contributed by atoms with van der Waals surface area (Å²) in [5, 5.41) is 23.6. The standard InChI is InChI=1S/C37H32F2N7O3PS/c38-37(39,50(47,48)49)30-20-16-26(17-21-30)24-36(29-8-2-1-3-9-29,46-34-13-7-6-12-33(34)40-45-46)22-23-51-25-27-14-18-28(19-15-27)31-10-4-5-11-32(31)35-41-43-44-42-35/h1-21H,22-25H2,(H2,47,48,49)(H,41,42,43,44). The highest BCUT2D eigenvalue weighted by Crippen LogP contribution is 2.59. The minimum absolute atomic E-state index is 0.362. The molecule has 0 amide bonds. The summed E-state index contributed by atoms with van der Waals surface area (Å²) in [5.41, 5.74) is 1.49. The molecule has 2 aromatic heterocycles. The Kier molecular flexibility index (Phi) is 9.63. The van der Waals surface area contributed by atoms with Crippen molar-refractivity contribution >= 4 is 30.4 Å². The van der Waals surface area contributed by atoms with E-state index >= 15 is 0 Å². The monoisotopic (exact) mass is 723 g/mol. The summed E-state index contributed by atoms with van der Waals surface area (Å²) in [5.74, 6) is 2.00. The van der Waals surface area contributed by atoms with Crippen molar-refractivity contribution in [2.75, 3.05) is 5.75 Å². The Morgan fingerprint density at radius 2 is 1.41 bits per heavy atom. The molecule has 0 radical (unpaired) electrons. The number of tetrazole rings is 1. The van der Waals surface area contributed by atoms with Crippen molar-refractivity contribution < 1.29 is 23.1 Å². The third kappa shape index (κ3) is 6.98. The van der Waals surface area contributed by atoms with Gasteiger partial charge < -0.3 is 9.79 Å². The van der Waals surface area contributed by atoms with Gasteiger partial charge in [0.2, 0.25) is 5.82 Å². The summed E-state index contributed by atoms with van der Waals surface area (Å²) in [6, 6.07) is 39.1. The van der Waals surface area contributed by atoms with Crippen LogP contribution in [-0.2, 0) is 27.9 Å². The first-order valence-corrected chi connectivity index (χ1v) is 18.8.